The van der Waals surface area contributed by atoms with Gasteiger partial charge in [0.1, 0.15) is 5.71 Å². The van der Waals surface area contributed by atoms with Gasteiger partial charge in [-0.2, -0.15) is 5.10 Å². The molecule has 0 aliphatic rings. The molecule has 1 aromatic carbocycles. The standard InChI is InChI=1S/C21H24N4S/c1-5-8-15-18(7-3)23-21(26)25-24-20(17-13-11-10-12-14-17)19(22-4)16-9-6-2/h5-16H,1,4H2,2-3H3,(H2,23,25,26)/b9-6-,15-8-,18-7+,19-16-,24-20+. The number of allylic oxidation sites excluding steroid dienone is 8. The molecule has 5 heteroatoms. The van der Waals surface area contributed by atoms with Crippen molar-refractivity contribution in [3.05, 3.63) is 96.4 Å². The molecule has 2 N–H and O–H groups in total. The summed E-state index contributed by atoms with van der Waals surface area (Å²) in [6, 6.07) is 9.74. The fourth-order valence-electron chi connectivity index (χ4n) is 1.91. The molecule has 0 atom stereocenters. The second kappa shape index (κ2) is 12.3. The zero-order chi connectivity index (χ0) is 19.2. The molecule has 0 saturated heterocycles. The predicted molar refractivity (Wildman–Crippen MR) is 117 cm³/mol. The van der Waals surface area contributed by atoms with Gasteiger partial charge in [0.2, 0.25) is 0 Å². The van der Waals surface area contributed by atoms with E-state index < -0.39 is 0 Å². The van der Waals surface area contributed by atoms with Gasteiger partial charge in [-0.1, -0.05) is 67.3 Å². The van der Waals surface area contributed by atoms with E-state index in [2.05, 4.69) is 34.1 Å². The lowest BCUT2D eigenvalue weighted by Gasteiger charge is -2.11. The van der Waals surface area contributed by atoms with Crippen LogP contribution in [0.15, 0.2) is 101 Å². The third-order valence-corrected chi connectivity index (χ3v) is 3.35. The SMILES string of the molecule is C=C/C=C\C(=C/C)NC(=S)N/N=C(/C(=C/C=C\C)N=C)c1ccccc1. The first-order chi connectivity index (χ1) is 12.7. The molecule has 0 aromatic heterocycles. The number of aliphatic imine (C=N–C) groups is 1. The Morgan fingerprint density at radius 2 is 1.88 bits per heavy atom. The molecule has 0 aliphatic carbocycles. The fraction of sp³-hybridized carbons (Fsp3) is 0.0952. The van der Waals surface area contributed by atoms with Gasteiger partial charge in [-0.3, -0.25) is 10.4 Å². The molecule has 1 aromatic rings. The Bertz CT molecular complexity index is 768. The van der Waals surface area contributed by atoms with Crippen molar-refractivity contribution in [1.29, 1.82) is 0 Å². The number of rotatable bonds is 8. The van der Waals surface area contributed by atoms with Gasteiger partial charge in [0.15, 0.2) is 5.11 Å². The summed E-state index contributed by atoms with van der Waals surface area (Å²) < 4.78 is 0. The van der Waals surface area contributed by atoms with E-state index in [0.29, 0.717) is 16.5 Å². The summed E-state index contributed by atoms with van der Waals surface area (Å²) in [7, 11) is 0. The molecule has 0 radical (unpaired) electrons. The van der Waals surface area contributed by atoms with Crippen molar-refractivity contribution in [1.82, 2.24) is 10.7 Å². The number of thiocarbonyl (C=S) groups is 1. The van der Waals surface area contributed by atoms with Crippen LogP contribution in [0.5, 0.6) is 0 Å². The number of hydrogen-bond acceptors (Lipinski definition) is 3. The number of hydrogen-bond donors (Lipinski definition) is 2. The van der Waals surface area contributed by atoms with Gasteiger partial charge in [-0.25, -0.2) is 0 Å². The lowest BCUT2D eigenvalue weighted by molar-refractivity contribution is 0.977. The van der Waals surface area contributed by atoms with E-state index in [9.17, 15) is 0 Å². The van der Waals surface area contributed by atoms with Crippen LogP contribution in [0.1, 0.15) is 19.4 Å². The Balaban J connectivity index is 3.07. The van der Waals surface area contributed by atoms with Crippen molar-refractivity contribution >= 4 is 29.8 Å². The van der Waals surface area contributed by atoms with Crippen LogP contribution in [-0.2, 0) is 0 Å². The first-order valence-corrected chi connectivity index (χ1v) is 8.52. The molecule has 26 heavy (non-hydrogen) atoms. The van der Waals surface area contributed by atoms with Crippen molar-refractivity contribution in [2.24, 2.45) is 10.1 Å². The molecule has 4 nitrogen and oxygen atoms in total. The first-order valence-electron chi connectivity index (χ1n) is 8.11. The lowest BCUT2D eigenvalue weighted by Crippen LogP contribution is -2.32. The third kappa shape index (κ3) is 7.23. The molecule has 134 valence electrons. The molecule has 0 saturated carbocycles. The number of nitrogens with one attached hydrogen (secondary N) is 2. The van der Waals surface area contributed by atoms with Gasteiger partial charge in [0.25, 0.3) is 0 Å². The number of benzene rings is 1. The Morgan fingerprint density at radius 3 is 2.46 bits per heavy atom. The summed E-state index contributed by atoms with van der Waals surface area (Å²) in [5, 5.41) is 7.88. The van der Waals surface area contributed by atoms with Gasteiger partial charge in [-0.15, -0.1) is 0 Å². The van der Waals surface area contributed by atoms with Crippen LogP contribution in [-0.4, -0.2) is 17.5 Å². The van der Waals surface area contributed by atoms with E-state index in [1.54, 1.807) is 6.08 Å². The fourth-order valence-corrected chi connectivity index (χ4v) is 2.07. The van der Waals surface area contributed by atoms with Crippen LogP contribution in [0.25, 0.3) is 0 Å². The summed E-state index contributed by atoms with van der Waals surface area (Å²) >= 11 is 5.32. The summed E-state index contributed by atoms with van der Waals surface area (Å²) in [6.07, 6.45) is 12.9. The minimum Gasteiger partial charge on any atom is -0.332 e. The van der Waals surface area contributed by atoms with Crippen molar-refractivity contribution in [2.45, 2.75) is 13.8 Å². The molecule has 0 amide bonds. The minimum atomic E-state index is 0.370. The monoisotopic (exact) mass is 364 g/mol. The highest BCUT2D eigenvalue weighted by molar-refractivity contribution is 7.80. The predicted octanol–water partition coefficient (Wildman–Crippen LogP) is 4.66. The van der Waals surface area contributed by atoms with Gasteiger partial charge >= 0.3 is 0 Å². The summed E-state index contributed by atoms with van der Waals surface area (Å²) in [5.74, 6) is 0. The van der Waals surface area contributed by atoms with E-state index >= 15 is 0 Å². The number of hydrazone groups is 1. The first kappa shape index (κ1) is 21.0. The molecule has 0 heterocycles. The molecular weight excluding hydrogens is 340 g/mol. The van der Waals surface area contributed by atoms with Crippen molar-refractivity contribution in [2.75, 3.05) is 0 Å². The van der Waals surface area contributed by atoms with Crippen LogP contribution in [0.3, 0.4) is 0 Å². The zero-order valence-electron chi connectivity index (χ0n) is 15.1. The Hall–Kier alpha value is -3.05. The summed E-state index contributed by atoms with van der Waals surface area (Å²) in [4.78, 5) is 4.09. The molecule has 0 unspecified atom stereocenters. The largest absolute Gasteiger partial charge is 0.332 e. The van der Waals surface area contributed by atoms with Gasteiger partial charge in [-0.05, 0) is 44.9 Å². The van der Waals surface area contributed by atoms with E-state index in [1.165, 1.54) is 0 Å². The van der Waals surface area contributed by atoms with Crippen LogP contribution in [0.2, 0.25) is 0 Å². The maximum Gasteiger partial charge on any atom is 0.191 e. The Morgan fingerprint density at radius 1 is 1.15 bits per heavy atom. The van der Waals surface area contributed by atoms with Gasteiger partial charge < -0.3 is 5.32 Å². The number of nitrogens with zero attached hydrogens (tertiary/aromatic N) is 2. The van der Waals surface area contributed by atoms with Crippen molar-refractivity contribution in [3.8, 4) is 0 Å². The van der Waals surface area contributed by atoms with Gasteiger partial charge in [0, 0.05) is 11.3 Å². The molecular formula is C21H24N4S. The van der Waals surface area contributed by atoms with E-state index in [4.69, 9.17) is 12.2 Å². The lowest BCUT2D eigenvalue weighted by atomic mass is 10.1. The summed E-state index contributed by atoms with van der Waals surface area (Å²) in [5.41, 5.74) is 5.90. The molecule has 0 spiro atoms. The highest BCUT2D eigenvalue weighted by Gasteiger charge is 2.09. The average molecular weight is 365 g/mol. The van der Waals surface area contributed by atoms with Gasteiger partial charge in [0.05, 0.1) is 5.70 Å². The molecule has 0 fully saturated rings. The van der Waals surface area contributed by atoms with Crippen LogP contribution >= 0.6 is 12.2 Å². The average Bonchev–Trinajstić information content (AvgIpc) is 2.68. The normalized spacial score (nSPS) is 13.1. The van der Waals surface area contributed by atoms with Crippen LogP contribution in [0, 0.1) is 0 Å². The second-order valence-corrected chi connectivity index (χ2v) is 5.38. The molecule has 0 aliphatic heterocycles. The summed E-state index contributed by atoms with van der Waals surface area (Å²) in [6.45, 7) is 11.1. The van der Waals surface area contributed by atoms with E-state index in [0.717, 1.165) is 11.3 Å². The van der Waals surface area contributed by atoms with Crippen molar-refractivity contribution < 1.29 is 0 Å². The highest BCUT2D eigenvalue weighted by atomic mass is 32.1. The van der Waals surface area contributed by atoms with E-state index in [1.807, 2.05) is 80.6 Å². The van der Waals surface area contributed by atoms with Crippen LogP contribution < -0.4 is 10.7 Å². The Kier molecular flexibility index (Phi) is 9.96. The zero-order valence-corrected chi connectivity index (χ0v) is 16.0. The van der Waals surface area contributed by atoms with Crippen molar-refractivity contribution in [3.63, 3.8) is 0 Å². The highest BCUT2D eigenvalue weighted by Crippen LogP contribution is 2.11. The third-order valence-electron chi connectivity index (χ3n) is 3.16. The minimum absolute atomic E-state index is 0.370. The van der Waals surface area contributed by atoms with E-state index in [-0.39, 0.29) is 0 Å². The smallest absolute Gasteiger partial charge is 0.191 e. The maximum atomic E-state index is 5.32. The topological polar surface area (TPSA) is 48.8 Å². The second-order valence-electron chi connectivity index (χ2n) is 4.97. The maximum absolute atomic E-state index is 5.32. The quantitative estimate of drug-likeness (QED) is 0.305. The van der Waals surface area contributed by atoms with Crippen LogP contribution in [0.4, 0.5) is 0 Å². The molecule has 0 bridgehead atoms. The Labute approximate surface area is 161 Å². The molecule has 1 rings (SSSR count).